The van der Waals surface area contributed by atoms with E-state index in [9.17, 15) is 0 Å². The first kappa shape index (κ1) is 28.8. The molecule has 10 rings (SSSR count). The van der Waals surface area contributed by atoms with Crippen LogP contribution in [0.3, 0.4) is 0 Å². The molecule has 0 N–H and O–H groups in total. The fraction of sp³-hybridized carbons (Fsp3) is 0. The predicted octanol–water partition coefficient (Wildman–Crippen LogP) is 13.6. The van der Waals surface area contributed by atoms with Crippen molar-refractivity contribution in [3.05, 3.63) is 199 Å². The monoisotopic (exact) mass is 653 g/mol. The molecular weight excluding hydrogens is 623 g/mol. The first-order valence-electron chi connectivity index (χ1n) is 17.1. The molecule has 0 atom stereocenters. The first-order valence-corrected chi connectivity index (χ1v) is 17.9. The van der Waals surface area contributed by atoms with Gasteiger partial charge in [0.05, 0.1) is 11.0 Å². The minimum Gasteiger partial charge on any atom is -0.309 e. The van der Waals surface area contributed by atoms with Crippen LogP contribution in [0.2, 0.25) is 0 Å². The number of hydrogen-bond acceptors (Lipinski definition) is 1. The van der Waals surface area contributed by atoms with E-state index >= 15 is 0 Å². The smallest absolute Gasteiger partial charge is 0.0547 e. The summed E-state index contributed by atoms with van der Waals surface area (Å²) in [5.41, 5.74) is 11.0. The average molecular weight is 654 g/mol. The maximum Gasteiger partial charge on any atom is 0.0547 e. The molecule has 0 bridgehead atoms. The van der Waals surface area contributed by atoms with Gasteiger partial charge in [-0.25, -0.2) is 0 Å². The van der Waals surface area contributed by atoms with Gasteiger partial charge in [0.1, 0.15) is 0 Å². The third kappa shape index (κ3) is 4.61. The highest BCUT2D eigenvalue weighted by molar-refractivity contribution is 7.26. The Kier molecular flexibility index (Phi) is 6.75. The standard InChI is InChI=1S/C48H31NS/c1-3-14-32(15-4-1)30-44(38-23-11-17-33-16-7-8-20-36(33)38)43-26-13-25-42-41-24-12-22-37(47(41)50-48(42)43)34-28-29-40-39-21-9-10-27-45(39)49(46(40)31-34)35-18-5-2-6-19-35/h1-31H. The summed E-state index contributed by atoms with van der Waals surface area (Å²) in [6.07, 6.45) is 2.36. The van der Waals surface area contributed by atoms with Gasteiger partial charge in [0.15, 0.2) is 0 Å². The molecule has 0 amide bonds. The summed E-state index contributed by atoms with van der Waals surface area (Å²) in [5, 5.41) is 7.64. The minimum absolute atomic E-state index is 1.17. The van der Waals surface area contributed by atoms with E-state index in [1.807, 2.05) is 11.3 Å². The summed E-state index contributed by atoms with van der Waals surface area (Å²) in [6, 6.07) is 66.2. The highest BCUT2D eigenvalue weighted by Crippen LogP contribution is 2.45. The molecule has 0 aliphatic carbocycles. The molecule has 0 saturated carbocycles. The van der Waals surface area contributed by atoms with Gasteiger partial charge in [-0.15, -0.1) is 11.3 Å². The van der Waals surface area contributed by atoms with E-state index in [1.54, 1.807) is 0 Å². The van der Waals surface area contributed by atoms with E-state index in [0.717, 1.165) is 0 Å². The van der Waals surface area contributed by atoms with Gasteiger partial charge in [0.2, 0.25) is 0 Å². The summed E-state index contributed by atoms with van der Waals surface area (Å²) in [6.45, 7) is 0. The Hall–Kier alpha value is -6.22. The number of benzene rings is 8. The second kappa shape index (κ2) is 11.7. The fourth-order valence-corrected chi connectivity index (χ4v) is 9.09. The van der Waals surface area contributed by atoms with Gasteiger partial charge in [-0.2, -0.15) is 0 Å². The third-order valence-electron chi connectivity index (χ3n) is 10.0. The molecule has 2 heteroatoms. The van der Waals surface area contributed by atoms with Crippen molar-refractivity contribution in [1.82, 2.24) is 4.57 Å². The highest BCUT2D eigenvalue weighted by atomic mass is 32.1. The summed E-state index contributed by atoms with van der Waals surface area (Å²) < 4.78 is 5.03. The maximum absolute atomic E-state index is 2.40. The number of hydrogen-bond donors (Lipinski definition) is 0. The molecule has 234 valence electrons. The van der Waals surface area contributed by atoms with Gasteiger partial charge in [0, 0.05) is 42.2 Å². The molecule has 0 saturated heterocycles. The molecule has 0 unspecified atom stereocenters. The lowest BCUT2D eigenvalue weighted by atomic mass is 9.91. The Labute approximate surface area is 294 Å². The average Bonchev–Trinajstić information content (AvgIpc) is 3.73. The minimum atomic E-state index is 1.17. The zero-order chi connectivity index (χ0) is 33.0. The molecule has 1 nitrogen and oxygen atoms in total. The van der Waals surface area contributed by atoms with Crippen LogP contribution in [0, 0.1) is 0 Å². The number of rotatable bonds is 5. The van der Waals surface area contributed by atoms with Crippen molar-refractivity contribution in [3.8, 4) is 16.8 Å². The van der Waals surface area contributed by atoms with Crippen LogP contribution in [0.4, 0.5) is 0 Å². The molecule has 0 aliphatic heterocycles. The fourth-order valence-electron chi connectivity index (χ4n) is 7.73. The van der Waals surface area contributed by atoms with Crippen LogP contribution in [0.5, 0.6) is 0 Å². The first-order chi connectivity index (χ1) is 24.8. The SMILES string of the molecule is C(=C(c1cccc2ccccc12)c1cccc2c1sc1c(-c3ccc4c5ccccc5n(-c5ccccc5)c4c3)cccc12)c1ccccc1. The predicted molar refractivity (Wildman–Crippen MR) is 216 cm³/mol. The molecule has 50 heavy (non-hydrogen) atoms. The van der Waals surface area contributed by atoms with E-state index in [1.165, 1.54) is 91.8 Å². The van der Waals surface area contributed by atoms with Crippen LogP contribution in [0.1, 0.15) is 16.7 Å². The van der Waals surface area contributed by atoms with Crippen molar-refractivity contribution in [2.24, 2.45) is 0 Å². The Balaban J connectivity index is 1.22. The van der Waals surface area contributed by atoms with Gasteiger partial charge >= 0.3 is 0 Å². The van der Waals surface area contributed by atoms with E-state index in [0.29, 0.717) is 0 Å². The lowest BCUT2D eigenvalue weighted by Crippen LogP contribution is -1.93. The zero-order valence-electron chi connectivity index (χ0n) is 27.3. The number of nitrogens with zero attached hydrogens (tertiary/aromatic N) is 1. The molecule has 0 fully saturated rings. The summed E-state index contributed by atoms with van der Waals surface area (Å²) in [4.78, 5) is 0. The summed E-state index contributed by atoms with van der Waals surface area (Å²) in [7, 11) is 0. The topological polar surface area (TPSA) is 4.93 Å². The Morgan fingerprint density at radius 3 is 1.92 bits per heavy atom. The second-order valence-electron chi connectivity index (χ2n) is 12.9. The molecule has 10 aromatic rings. The quantitative estimate of drug-likeness (QED) is 0.163. The third-order valence-corrected chi connectivity index (χ3v) is 11.3. The molecule has 0 spiro atoms. The zero-order valence-corrected chi connectivity index (χ0v) is 28.1. The largest absolute Gasteiger partial charge is 0.309 e. The number of fused-ring (bicyclic) bond motifs is 7. The van der Waals surface area contributed by atoms with Gasteiger partial charge in [-0.1, -0.05) is 158 Å². The Bertz CT molecular complexity index is 2900. The normalized spacial score (nSPS) is 12.1. The number of thiophene rings is 1. The molecule has 2 aromatic heterocycles. The van der Waals surface area contributed by atoms with Crippen molar-refractivity contribution in [2.45, 2.75) is 0 Å². The number of para-hydroxylation sites is 2. The summed E-state index contributed by atoms with van der Waals surface area (Å²) >= 11 is 1.91. The second-order valence-corrected chi connectivity index (χ2v) is 13.9. The highest BCUT2D eigenvalue weighted by Gasteiger charge is 2.19. The molecule has 0 aliphatic rings. The number of aromatic nitrogens is 1. The Morgan fingerprint density at radius 2 is 1.06 bits per heavy atom. The van der Waals surface area contributed by atoms with Crippen LogP contribution in [-0.4, -0.2) is 4.57 Å². The van der Waals surface area contributed by atoms with Crippen LogP contribution < -0.4 is 0 Å². The molecule has 2 heterocycles. The van der Waals surface area contributed by atoms with Crippen molar-refractivity contribution < 1.29 is 0 Å². The Morgan fingerprint density at radius 1 is 0.440 bits per heavy atom. The molecule has 8 aromatic carbocycles. The summed E-state index contributed by atoms with van der Waals surface area (Å²) in [5.74, 6) is 0. The van der Waals surface area contributed by atoms with Gasteiger partial charge in [0.25, 0.3) is 0 Å². The molecule has 0 radical (unpaired) electrons. The lowest BCUT2D eigenvalue weighted by molar-refractivity contribution is 1.18. The van der Waals surface area contributed by atoms with E-state index < -0.39 is 0 Å². The van der Waals surface area contributed by atoms with Crippen molar-refractivity contribution in [2.75, 3.05) is 0 Å². The van der Waals surface area contributed by atoms with Gasteiger partial charge in [-0.3, -0.25) is 0 Å². The maximum atomic E-state index is 2.40. The van der Waals surface area contributed by atoms with Crippen LogP contribution in [-0.2, 0) is 0 Å². The van der Waals surface area contributed by atoms with Crippen LogP contribution >= 0.6 is 11.3 Å². The van der Waals surface area contributed by atoms with Crippen molar-refractivity contribution in [3.63, 3.8) is 0 Å². The van der Waals surface area contributed by atoms with Crippen molar-refractivity contribution >= 4 is 75.7 Å². The van der Waals surface area contributed by atoms with Gasteiger partial charge < -0.3 is 4.57 Å². The van der Waals surface area contributed by atoms with Crippen LogP contribution in [0.15, 0.2) is 182 Å². The van der Waals surface area contributed by atoms with Gasteiger partial charge in [-0.05, 0) is 68.9 Å². The van der Waals surface area contributed by atoms with Crippen molar-refractivity contribution in [1.29, 1.82) is 0 Å². The van der Waals surface area contributed by atoms with E-state index in [4.69, 9.17) is 0 Å². The van der Waals surface area contributed by atoms with E-state index in [2.05, 4.69) is 193 Å². The lowest BCUT2D eigenvalue weighted by Gasteiger charge is -2.13. The van der Waals surface area contributed by atoms with E-state index in [-0.39, 0.29) is 0 Å². The van der Waals surface area contributed by atoms with Crippen LogP contribution in [0.25, 0.3) is 81.2 Å². The molecular formula is C48H31NS.